The summed E-state index contributed by atoms with van der Waals surface area (Å²) in [6, 6.07) is 13.4. The smallest absolute Gasteiger partial charge is 0.274 e. The molecule has 1 aromatic heterocycles. The molecule has 2 aromatic carbocycles. The van der Waals surface area contributed by atoms with E-state index < -0.39 is 0 Å². The third kappa shape index (κ3) is 3.69. The van der Waals surface area contributed by atoms with Gasteiger partial charge in [0, 0.05) is 25.7 Å². The molecule has 1 aliphatic rings. The van der Waals surface area contributed by atoms with Crippen LogP contribution < -0.4 is 0 Å². The third-order valence-corrected chi connectivity index (χ3v) is 5.75. The Morgan fingerprint density at radius 1 is 1.10 bits per heavy atom. The molecule has 5 heteroatoms. The van der Waals surface area contributed by atoms with E-state index in [1.165, 1.54) is 22.8 Å². The normalized spacial score (nSPS) is 13.7. The zero-order valence-corrected chi connectivity index (χ0v) is 17.4. The average Bonchev–Trinajstić information content (AvgIpc) is 3.10. The van der Waals surface area contributed by atoms with Crippen LogP contribution in [-0.2, 0) is 20.0 Å². The minimum absolute atomic E-state index is 0.0636. The summed E-state index contributed by atoms with van der Waals surface area (Å²) in [6.07, 6.45) is 0.857. The van der Waals surface area contributed by atoms with E-state index in [2.05, 4.69) is 37.1 Å². The highest BCUT2D eigenvalue weighted by Gasteiger charge is 2.25. The summed E-state index contributed by atoms with van der Waals surface area (Å²) in [7, 11) is 1.81. The van der Waals surface area contributed by atoms with Gasteiger partial charge in [0.25, 0.3) is 5.91 Å². The van der Waals surface area contributed by atoms with E-state index >= 15 is 0 Å². The van der Waals surface area contributed by atoms with Gasteiger partial charge in [-0.1, -0.05) is 32.0 Å². The summed E-state index contributed by atoms with van der Waals surface area (Å²) in [5.41, 5.74) is 6.49. The molecule has 4 nitrogen and oxygen atoms in total. The van der Waals surface area contributed by atoms with Gasteiger partial charge in [0.1, 0.15) is 5.82 Å². The maximum atomic E-state index is 13.6. The zero-order valence-electron chi connectivity index (χ0n) is 17.4. The van der Waals surface area contributed by atoms with Crippen molar-refractivity contribution in [3.63, 3.8) is 0 Å². The first-order valence-corrected chi connectivity index (χ1v) is 10.0. The monoisotopic (exact) mass is 391 g/mol. The highest BCUT2D eigenvalue weighted by Crippen LogP contribution is 2.26. The molecule has 3 aromatic rings. The van der Waals surface area contributed by atoms with Gasteiger partial charge in [0.2, 0.25) is 0 Å². The fourth-order valence-electron chi connectivity index (χ4n) is 3.92. The van der Waals surface area contributed by atoms with Crippen molar-refractivity contribution in [2.45, 2.75) is 39.7 Å². The van der Waals surface area contributed by atoms with Crippen LogP contribution in [0.2, 0.25) is 0 Å². The number of aryl methyl sites for hydroxylation is 2. The molecule has 0 spiro atoms. The maximum absolute atomic E-state index is 13.6. The summed E-state index contributed by atoms with van der Waals surface area (Å²) in [5.74, 6) is 0.162. The van der Waals surface area contributed by atoms with Gasteiger partial charge in [-0.25, -0.2) is 4.39 Å². The minimum Gasteiger partial charge on any atom is -0.333 e. The largest absolute Gasteiger partial charge is 0.333 e. The average molecular weight is 391 g/mol. The number of halogens is 1. The SMILES string of the molecule is Cc1cc(-c2cc(C(=O)N3CCc4ccc(C(C)C)cc4C3)nn2C)ccc1F. The number of benzene rings is 2. The van der Waals surface area contributed by atoms with Crippen LogP contribution in [0.3, 0.4) is 0 Å². The Balaban J connectivity index is 1.59. The van der Waals surface area contributed by atoms with E-state index in [4.69, 9.17) is 0 Å². The first-order valence-electron chi connectivity index (χ1n) is 10.0. The number of carbonyl (C=O) groups is 1. The Morgan fingerprint density at radius 3 is 2.62 bits per heavy atom. The fourth-order valence-corrected chi connectivity index (χ4v) is 3.92. The number of amides is 1. The second-order valence-electron chi connectivity index (χ2n) is 8.16. The van der Waals surface area contributed by atoms with E-state index in [1.54, 1.807) is 29.8 Å². The number of nitrogens with zero attached hydrogens (tertiary/aromatic N) is 3. The molecule has 150 valence electrons. The molecular weight excluding hydrogens is 365 g/mol. The Kier molecular flexibility index (Phi) is 4.99. The van der Waals surface area contributed by atoms with Crippen molar-refractivity contribution in [1.82, 2.24) is 14.7 Å². The lowest BCUT2D eigenvalue weighted by Gasteiger charge is -2.29. The molecule has 0 fully saturated rings. The topological polar surface area (TPSA) is 38.1 Å². The van der Waals surface area contributed by atoms with Gasteiger partial charge in [0.15, 0.2) is 5.69 Å². The van der Waals surface area contributed by atoms with Crippen molar-refractivity contribution >= 4 is 5.91 Å². The molecule has 0 unspecified atom stereocenters. The number of rotatable bonds is 3. The Bertz CT molecular complexity index is 1080. The summed E-state index contributed by atoms with van der Waals surface area (Å²) in [4.78, 5) is 15.0. The van der Waals surface area contributed by atoms with Crippen molar-refractivity contribution in [2.24, 2.45) is 7.05 Å². The molecular formula is C24H26FN3O. The number of hydrogen-bond acceptors (Lipinski definition) is 2. The van der Waals surface area contributed by atoms with Gasteiger partial charge < -0.3 is 4.90 Å². The molecule has 1 amide bonds. The predicted molar refractivity (Wildman–Crippen MR) is 112 cm³/mol. The van der Waals surface area contributed by atoms with Crippen molar-refractivity contribution in [3.8, 4) is 11.3 Å². The molecule has 0 aliphatic carbocycles. The minimum atomic E-state index is -0.236. The molecule has 0 saturated carbocycles. The second kappa shape index (κ2) is 7.47. The number of aromatic nitrogens is 2. The van der Waals surface area contributed by atoms with Crippen molar-refractivity contribution in [2.75, 3.05) is 6.54 Å². The van der Waals surface area contributed by atoms with Crippen LogP contribution >= 0.6 is 0 Å². The number of hydrogen-bond donors (Lipinski definition) is 0. The molecule has 0 radical (unpaired) electrons. The van der Waals surface area contributed by atoms with Crippen molar-refractivity contribution in [1.29, 1.82) is 0 Å². The summed E-state index contributed by atoms with van der Waals surface area (Å²) >= 11 is 0. The highest BCUT2D eigenvalue weighted by molar-refractivity contribution is 5.93. The first kappa shape index (κ1) is 19.4. The quantitative estimate of drug-likeness (QED) is 0.640. The summed E-state index contributed by atoms with van der Waals surface area (Å²) in [5, 5.41) is 4.45. The molecule has 29 heavy (non-hydrogen) atoms. The van der Waals surface area contributed by atoms with Gasteiger partial charge in [-0.2, -0.15) is 5.10 Å². The van der Waals surface area contributed by atoms with Crippen molar-refractivity contribution in [3.05, 3.63) is 76.2 Å². The van der Waals surface area contributed by atoms with Crippen LogP contribution in [0.25, 0.3) is 11.3 Å². The van der Waals surface area contributed by atoms with E-state index in [0.717, 1.165) is 17.7 Å². The lowest BCUT2D eigenvalue weighted by molar-refractivity contribution is 0.0728. The Hall–Kier alpha value is -2.95. The number of fused-ring (bicyclic) bond motifs is 1. The van der Waals surface area contributed by atoms with E-state index in [-0.39, 0.29) is 11.7 Å². The molecule has 4 rings (SSSR count). The van der Waals surface area contributed by atoms with E-state index in [9.17, 15) is 9.18 Å². The molecule has 0 bridgehead atoms. The Morgan fingerprint density at radius 2 is 1.90 bits per heavy atom. The van der Waals surface area contributed by atoms with Crippen LogP contribution in [0.1, 0.15) is 52.5 Å². The van der Waals surface area contributed by atoms with Gasteiger partial charge in [-0.05, 0) is 65.8 Å². The van der Waals surface area contributed by atoms with Gasteiger partial charge >= 0.3 is 0 Å². The van der Waals surface area contributed by atoms with Gasteiger partial charge in [-0.15, -0.1) is 0 Å². The highest BCUT2D eigenvalue weighted by atomic mass is 19.1. The number of carbonyl (C=O) groups excluding carboxylic acids is 1. The lowest BCUT2D eigenvalue weighted by Crippen LogP contribution is -2.36. The lowest BCUT2D eigenvalue weighted by atomic mass is 9.93. The molecule has 0 N–H and O–H groups in total. The zero-order chi connectivity index (χ0) is 20.7. The molecule has 0 atom stereocenters. The van der Waals surface area contributed by atoms with Crippen LogP contribution in [0, 0.1) is 12.7 Å². The van der Waals surface area contributed by atoms with Crippen LogP contribution in [-0.4, -0.2) is 27.1 Å². The predicted octanol–water partition coefficient (Wildman–Crippen LogP) is 4.86. The standard InChI is InChI=1S/C24H26FN3O/c1-15(2)18-6-5-17-9-10-28(14-20(17)12-18)24(29)22-13-23(27(4)26-22)19-7-8-21(25)16(3)11-19/h5-8,11-13,15H,9-10,14H2,1-4H3. The van der Waals surface area contributed by atoms with Gasteiger partial charge in [-0.3, -0.25) is 9.48 Å². The molecule has 0 saturated heterocycles. The summed E-state index contributed by atoms with van der Waals surface area (Å²) in [6.45, 7) is 7.39. The molecule has 2 heterocycles. The van der Waals surface area contributed by atoms with E-state index in [1.807, 2.05) is 11.9 Å². The molecule has 1 aliphatic heterocycles. The van der Waals surface area contributed by atoms with Crippen molar-refractivity contribution < 1.29 is 9.18 Å². The van der Waals surface area contributed by atoms with Crippen LogP contribution in [0.15, 0.2) is 42.5 Å². The Labute approximate surface area is 171 Å². The second-order valence-corrected chi connectivity index (χ2v) is 8.16. The van der Waals surface area contributed by atoms with Crippen LogP contribution in [0.4, 0.5) is 4.39 Å². The van der Waals surface area contributed by atoms with Crippen LogP contribution in [0.5, 0.6) is 0 Å². The first-order chi connectivity index (χ1) is 13.8. The summed E-state index contributed by atoms with van der Waals surface area (Å²) < 4.78 is 15.3. The fraction of sp³-hybridized carbons (Fsp3) is 0.333. The van der Waals surface area contributed by atoms with Gasteiger partial charge in [0.05, 0.1) is 5.69 Å². The third-order valence-electron chi connectivity index (χ3n) is 5.75. The van der Waals surface area contributed by atoms with E-state index in [0.29, 0.717) is 30.3 Å². The maximum Gasteiger partial charge on any atom is 0.274 e.